The van der Waals surface area contributed by atoms with Crippen molar-refractivity contribution in [2.45, 2.75) is 53.0 Å². The minimum absolute atomic E-state index is 0.00526. The number of nitrogens with one attached hydrogen (secondary N) is 2. The molecule has 0 aromatic carbocycles. The van der Waals surface area contributed by atoms with Crippen LogP contribution in [-0.4, -0.2) is 29.7 Å². The molecule has 0 saturated heterocycles. The zero-order valence-electron chi connectivity index (χ0n) is 11.2. The SMILES string of the molecule is CC(CCCC(=O)O)NC(=O)NCC(C)(C)C. The van der Waals surface area contributed by atoms with Crippen molar-refractivity contribution in [3.8, 4) is 0 Å². The molecule has 0 heterocycles. The second-order valence-electron chi connectivity index (χ2n) is 5.57. The molecule has 17 heavy (non-hydrogen) atoms. The first-order chi connectivity index (χ1) is 7.70. The van der Waals surface area contributed by atoms with Gasteiger partial charge in [0.05, 0.1) is 0 Å². The van der Waals surface area contributed by atoms with Crippen molar-refractivity contribution in [1.29, 1.82) is 0 Å². The normalized spacial score (nSPS) is 12.9. The summed E-state index contributed by atoms with van der Waals surface area (Å²) in [6.07, 6.45) is 1.40. The van der Waals surface area contributed by atoms with Crippen LogP contribution in [0.15, 0.2) is 0 Å². The van der Waals surface area contributed by atoms with E-state index in [1.807, 2.05) is 27.7 Å². The summed E-state index contributed by atoms with van der Waals surface area (Å²) in [6.45, 7) is 8.62. The van der Waals surface area contributed by atoms with Crippen LogP contribution < -0.4 is 10.6 Å². The maximum Gasteiger partial charge on any atom is 0.315 e. The Balaban J connectivity index is 3.69. The molecule has 100 valence electrons. The topological polar surface area (TPSA) is 78.4 Å². The van der Waals surface area contributed by atoms with Gasteiger partial charge in [-0.15, -0.1) is 0 Å². The minimum atomic E-state index is -0.797. The Bertz CT molecular complexity index is 259. The molecule has 0 spiro atoms. The summed E-state index contributed by atoms with van der Waals surface area (Å²) in [5, 5.41) is 14.1. The number of carboxylic acid groups (broad SMARTS) is 1. The van der Waals surface area contributed by atoms with Crippen LogP contribution in [0.25, 0.3) is 0 Å². The Labute approximate surface area is 103 Å². The summed E-state index contributed by atoms with van der Waals surface area (Å²) in [5.41, 5.74) is 0.0594. The van der Waals surface area contributed by atoms with Crippen molar-refractivity contribution in [3.05, 3.63) is 0 Å². The summed E-state index contributed by atoms with van der Waals surface area (Å²) in [6, 6.07) is -0.197. The molecule has 0 fully saturated rings. The lowest BCUT2D eigenvalue weighted by atomic mass is 9.97. The van der Waals surface area contributed by atoms with Gasteiger partial charge in [0.1, 0.15) is 0 Å². The lowest BCUT2D eigenvalue weighted by molar-refractivity contribution is -0.137. The van der Waals surface area contributed by atoms with Gasteiger partial charge in [-0.05, 0) is 25.2 Å². The minimum Gasteiger partial charge on any atom is -0.481 e. The van der Waals surface area contributed by atoms with Gasteiger partial charge in [-0.1, -0.05) is 20.8 Å². The van der Waals surface area contributed by atoms with Crippen molar-refractivity contribution in [2.75, 3.05) is 6.54 Å². The van der Waals surface area contributed by atoms with Crippen molar-refractivity contribution in [2.24, 2.45) is 5.41 Å². The van der Waals surface area contributed by atoms with Gasteiger partial charge in [0, 0.05) is 19.0 Å². The molecule has 0 bridgehead atoms. The summed E-state index contributed by atoms with van der Waals surface area (Å²) in [5.74, 6) is -0.797. The van der Waals surface area contributed by atoms with E-state index in [1.54, 1.807) is 0 Å². The molecule has 5 nitrogen and oxygen atoms in total. The molecule has 0 rings (SSSR count). The fraction of sp³-hybridized carbons (Fsp3) is 0.833. The highest BCUT2D eigenvalue weighted by molar-refractivity contribution is 5.74. The highest BCUT2D eigenvalue weighted by atomic mass is 16.4. The molecule has 0 aromatic heterocycles. The molecule has 0 aliphatic heterocycles. The Morgan fingerprint density at radius 1 is 1.29 bits per heavy atom. The summed E-state index contributed by atoms with van der Waals surface area (Å²) < 4.78 is 0. The molecular weight excluding hydrogens is 220 g/mol. The van der Waals surface area contributed by atoms with Crippen LogP contribution >= 0.6 is 0 Å². The zero-order valence-corrected chi connectivity index (χ0v) is 11.2. The number of hydrogen-bond donors (Lipinski definition) is 3. The van der Waals surface area contributed by atoms with Crippen molar-refractivity contribution in [3.63, 3.8) is 0 Å². The summed E-state index contributed by atoms with van der Waals surface area (Å²) in [4.78, 5) is 21.8. The Hall–Kier alpha value is -1.26. The number of hydrogen-bond acceptors (Lipinski definition) is 2. The first-order valence-electron chi connectivity index (χ1n) is 5.97. The molecule has 2 amide bonds. The third-order valence-corrected chi connectivity index (χ3v) is 2.18. The quantitative estimate of drug-likeness (QED) is 0.668. The van der Waals surface area contributed by atoms with E-state index in [4.69, 9.17) is 5.11 Å². The van der Waals surface area contributed by atoms with E-state index >= 15 is 0 Å². The Kier molecular flexibility index (Phi) is 6.61. The zero-order chi connectivity index (χ0) is 13.5. The smallest absolute Gasteiger partial charge is 0.315 e. The Morgan fingerprint density at radius 3 is 2.35 bits per heavy atom. The molecule has 1 unspecified atom stereocenters. The van der Waals surface area contributed by atoms with Gasteiger partial charge in [0.2, 0.25) is 0 Å². The lowest BCUT2D eigenvalue weighted by Gasteiger charge is -2.20. The standard InChI is InChI=1S/C12H24N2O3/c1-9(6-5-7-10(15)16)14-11(17)13-8-12(2,3)4/h9H,5-8H2,1-4H3,(H,15,16)(H2,13,14,17). The number of aliphatic carboxylic acids is 1. The first kappa shape index (κ1) is 15.7. The van der Waals surface area contributed by atoms with E-state index in [-0.39, 0.29) is 23.9 Å². The van der Waals surface area contributed by atoms with Gasteiger partial charge in [0.25, 0.3) is 0 Å². The van der Waals surface area contributed by atoms with E-state index in [9.17, 15) is 9.59 Å². The van der Waals surface area contributed by atoms with E-state index < -0.39 is 5.97 Å². The van der Waals surface area contributed by atoms with Crippen LogP contribution in [0.1, 0.15) is 47.0 Å². The number of carbonyl (C=O) groups excluding carboxylic acids is 1. The fourth-order valence-electron chi connectivity index (χ4n) is 1.25. The number of rotatable bonds is 6. The van der Waals surface area contributed by atoms with Crippen LogP contribution in [-0.2, 0) is 4.79 Å². The number of amides is 2. The monoisotopic (exact) mass is 244 g/mol. The maximum atomic E-state index is 11.5. The molecule has 0 aliphatic carbocycles. The molecule has 0 saturated carbocycles. The van der Waals surface area contributed by atoms with Crippen molar-refractivity contribution in [1.82, 2.24) is 10.6 Å². The van der Waals surface area contributed by atoms with Crippen LogP contribution in [0.4, 0.5) is 4.79 Å². The number of carboxylic acids is 1. The molecule has 0 aromatic rings. The largest absolute Gasteiger partial charge is 0.481 e. The predicted octanol–water partition coefficient (Wildman–Crippen LogP) is 1.98. The number of urea groups is 1. The highest BCUT2D eigenvalue weighted by Gasteiger charge is 2.13. The van der Waals surface area contributed by atoms with Crippen LogP contribution in [0.5, 0.6) is 0 Å². The van der Waals surface area contributed by atoms with E-state index in [2.05, 4.69) is 10.6 Å². The third kappa shape index (κ3) is 11.0. The van der Waals surface area contributed by atoms with Gasteiger partial charge < -0.3 is 15.7 Å². The second kappa shape index (κ2) is 7.14. The lowest BCUT2D eigenvalue weighted by Crippen LogP contribution is -2.43. The van der Waals surface area contributed by atoms with Crippen LogP contribution in [0.3, 0.4) is 0 Å². The molecular formula is C12H24N2O3. The van der Waals surface area contributed by atoms with Crippen LogP contribution in [0.2, 0.25) is 0 Å². The third-order valence-electron chi connectivity index (χ3n) is 2.18. The van der Waals surface area contributed by atoms with E-state index in [0.29, 0.717) is 19.4 Å². The molecule has 0 aliphatic rings. The predicted molar refractivity (Wildman–Crippen MR) is 66.9 cm³/mol. The van der Waals surface area contributed by atoms with E-state index in [1.165, 1.54) is 0 Å². The molecule has 0 radical (unpaired) electrons. The Morgan fingerprint density at radius 2 is 1.88 bits per heavy atom. The average molecular weight is 244 g/mol. The fourth-order valence-corrected chi connectivity index (χ4v) is 1.25. The van der Waals surface area contributed by atoms with Crippen LogP contribution in [0, 0.1) is 5.41 Å². The highest BCUT2D eigenvalue weighted by Crippen LogP contribution is 2.10. The molecule has 5 heteroatoms. The maximum absolute atomic E-state index is 11.5. The summed E-state index contributed by atoms with van der Waals surface area (Å²) in [7, 11) is 0. The van der Waals surface area contributed by atoms with Gasteiger partial charge in [0.15, 0.2) is 0 Å². The average Bonchev–Trinajstić information content (AvgIpc) is 2.13. The van der Waals surface area contributed by atoms with Crippen molar-refractivity contribution < 1.29 is 14.7 Å². The van der Waals surface area contributed by atoms with Crippen molar-refractivity contribution >= 4 is 12.0 Å². The molecule has 3 N–H and O–H groups in total. The van der Waals surface area contributed by atoms with Gasteiger partial charge in [-0.2, -0.15) is 0 Å². The van der Waals surface area contributed by atoms with E-state index in [0.717, 1.165) is 0 Å². The van der Waals surface area contributed by atoms with Gasteiger partial charge >= 0.3 is 12.0 Å². The molecule has 1 atom stereocenters. The summed E-state index contributed by atoms with van der Waals surface area (Å²) >= 11 is 0. The van der Waals surface area contributed by atoms with Gasteiger partial charge in [-0.3, -0.25) is 4.79 Å². The second-order valence-corrected chi connectivity index (χ2v) is 5.57. The first-order valence-corrected chi connectivity index (χ1v) is 5.97. The number of carbonyl (C=O) groups is 2. The van der Waals surface area contributed by atoms with Gasteiger partial charge in [-0.25, -0.2) is 4.79 Å².